The molecular formula is C14H24O3. The number of hydrogen-bond acceptors (Lipinski definition) is 3. The zero-order chi connectivity index (χ0) is 13.1. The van der Waals surface area contributed by atoms with Crippen molar-refractivity contribution < 1.29 is 14.8 Å². The minimum absolute atomic E-state index is 0.493. The van der Waals surface area contributed by atoms with E-state index >= 15 is 0 Å². The molecule has 17 heavy (non-hydrogen) atoms. The van der Waals surface area contributed by atoms with E-state index in [-0.39, 0.29) is 0 Å². The SMILES string of the molecule is CC(C)CC1(C)C#CC(C)(CC(C)C)OOO1. The third-order valence-corrected chi connectivity index (χ3v) is 2.62. The van der Waals surface area contributed by atoms with Crippen molar-refractivity contribution in [2.24, 2.45) is 11.8 Å². The Morgan fingerprint density at radius 2 is 1.18 bits per heavy atom. The van der Waals surface area contributed by atoms with E-state index in [2.05, 4.69) is 39.5 Å². The average molecular weight is 240 g/mol. The summed E-state index contributed by atoms with van der Waals surface area (Å²) in [5.74, 6) is 7.31. The van der Waals surface area contributed by atoms with E-state index in [1.165, 1.54) is 0 Å². The lowest BCUT2D eigenvalue weighted by molar-refractivity contribution is -0.554. The highest BCUT2D eigenvalue weighted by molar-refractivity contribution is 5.20. The van der Waals surface area contributed by atoms with Crippen molar-refractivity contribution in [3.05, 3.63) is 0 Å². The summed E-state index contributed by atoms with van der Waals surface area (Å²) in [4.78, 5) is 10.6. The van der Waals surface area contributed by atoms with Gasteiger partial charge in [-0.1, -0.05) is 44.6 Å². The zero-order valence-electron chi connectivity index (χ0n) is 11.8. The van der Waals surface area contributed by atoms with Gasteiger partial charge in [0.05, 0.1) is 0 Å². The Hall–Kier alpha value is -0.560. The van der Waals surface area contributed by atoms with Gasteiger partial charge in [-0.15, -0.1) is 0 Å². The van der Waals surface area contributed by atoms with Crippen LogP contribution in [-0.4, -0.2) is 11.2 Å². The van der Waals surface area contributed by atoms with Gasteiger partial charge in [-0.2, -0.15) is 9.78 Å². The molecule has 0 saturated carbocycles. The van der Waals surface area contributed by atoms with Gasteiger partial charge in [-0.05, 0) is 38.5 Å². The third-order valence-electron chi connectivity index (χ3n) is 2.62. The molecule has 1 heterocycles. The summed E-state index contributed by atoms with van der Waals surface area (Å²) in [6.07, 6.45) is 1.64. The van der Waals surface area contributed by atoms with E-state index in [0.717, 1.165) is 12.8 Å². The van der Waals surface area contributed by atoms with E-state index in [9.17, 15) is 0 Å². The van der Waals surface area contributed by atoms with Crippen molar-refractivity contribution in [1.29, 1.82) is 0 Å². The van der Waals surface area contributed by atoms with Crippen LogP contribution in [0.3, 0.4) is 0 Å². The fourth-order valence-electron chi connectivity index (χ4n) is 2.20. The predicted octanol–water partition coefficient (Wildman–Crippen LogP) is 3.49. The molecule has 0 aliphatic carbocycles. The van der Waals surface area contributed by atoms with Gasteiger partial charge in [0, 0.05) is 0 Å². The fourth-order valence-corrected chi connectivity index (χ4v) is 2.20. The van der Waals surface area contributed by atoms with Crippen LogP contribution in [0.25, 0.3) is 0 Å². The van der Waals surface area contributed by atoms with Crippen LogP contribution < -0.4 is 0 Å². The van der Waals surface area contributed by atoms with Gasteiger partial charge in [0.15, 0.2) is 11.2 Å². The molecule has 0 radical (unpaired) electrons. The third kappa shape index (κ3) is 4.67. The topological polar surface area (TPSA) is 27.7 Å². The minimum Gasteiger partial charge on any atom is -0.187 e. The van der Waals surface area contributed by atoms with Gasteiger partial charge in [0.25, 0.3) is 0 Å². The van der Waals surface area contributed by atoms with Gasteiger partial charge in [0.2, 0.25) is 0 Å². The van der Waals surface area contributed by atoms with Gasteiger partial charge in [-0.3, -0.25) is 0 Å². The summed E-state index contributed by atoms with van der Waals surface area (Å²) in [6, 6.07) is 0. The summed E-state index contributed by atoms with van der Waals surface area (Å²) >= 11 is 0. The van der Waals surface area contributed by atoms with Crippen molar-refractivity contribution in [2.75, 3.05) is 0 Å². The maximum atomic E-state index is 5.28. The first-order valence-electron chi connectivity index (χ1n) is 6.32. The summed E-state index contributed by atoms with van der Waals surface area (Å²) in [5, 5.41) is 4.90. The van der Waals surface area contributed by atoms with E-state index in [1.807, 2.05) is 13.8 Å². The normalized spacial score (nSPS) is 33.4. The molecular weight excluding hydrogens is 216 g/mol. The first kappa shape index (κ1) is 14.5. The Morgan fingerprint density at radius 3 is 1.47 bits per heavy atom. The van der Waals surface area contributed by atoms with Gasteiger partial charge >= 0.3 is 0 Å². The van der Waals surface area contributed by atoms with Crippen LogP contribution in [0.15, 0.2) is 0 Å². The minimum atomic E-state index is -0.580. The van der Waals surface area contributed by atoms with Gasteiger partial charge < -0.3 is 0 Å². The van der Waals surface area contributed by atoms with Crippen LogP contribution in [0.1, 0.15) is 54.4 Å². The Bertz CT molecular complexity index is 285. The molecule has 1 rings (SSSR count). The van der Waals surface area contributed by atoms with Crippen LogP contribution in [-0.2, 0) is 14.8 Å². The number of rotatable bonds is 4. The maximum absolute atomic E-state index is 5.28. The molecule has 2 unspecified atom stereocenters. The number of hydrogen-bond donors (Lipinski definition) is 0. The smallest absolute Gasteiger partial charge is 0.164 e. The Morgan fingerprint density at radius 1 is 0.824 bits per heavy atom. The molecule has 0 aromatic rings. The van der Waals surface area contributed by atoms with Crippen molar-refractivity contribution in [3.63, 3.8) is 0 Å². The van der Waals surface area contributed by atoms with Crippen LogP contribution in [0.4, 0.5) is 0 Å². The molecule has 3 nitrogen and oxygen atoms in total. The second-order valence-electron chi connectivity index (χ2n) is 6.14. The van der Waals surface area contributed by atoms with Crippen molar-refractivity contribution in [1.82, 2.24) is 0 Å². The second-order valence-corrected chi connectivity index (χ2v) is 6.14. The second kappa shape index (κ2) is 5.39. The van der Waals surface area contributed by atoms with Gasteiger partial charge in [-0.25, -0.2) is 0 Å². The monoisotopic (exact) mass is 240 g/mol. The van der Waals surface area contributed by atoms with Gasteiger partial charge in [0.1, 0.15) is 0 Å². The molecule has 0 aromatic carbocycles. The Labute approximate surface area is 105 Å². The molecule has 0 aromatic heterocycles. The molecule has 98 valence electrons. The summed E-state index contributed by atoms with van der Waals surface area (Å²) in [5.41, 5.74) is -1.16. The fraction of sp³-hybridized carbons (Fsp3) is 0.857. The largest absolute Gasteiger partial charge is 0.187 e. The highest BCUT2D eigenvalue weighted by atomic mass is 17.5. The molecule has 0 bridgehead atoms. The Kier molecular flexibility index (Phi) is 4.60. The standard InChI is InChI=1S/C14H24O3/c1-11(2)9-13(5)7-8-14(6,10-12(3)4)16-17-15-13/h11-12H,9-10H2,1-6H3. The van der Waals surface area contributed by atoms with Crippen molar-refractivity contribution in [3.8, 4) is 11.8 Å². The molecule has 1 aliphatic rings. The first-order valence-corrected chi connectivity index (χ1v) is 6.32. The van der Waals surface area contributed by atoms with Crippen LogP contribution in [0.2, 0.25) is 0 Å². The summed E-state index contributed by atoms with van der Waals surface area (Å²) < 4.78 is 0. The zero-order valence-corrected chi connectivity index (χ0v) is 11.8. The van der Waals surface area contributed by atoms with E-state index < -0.39 is 11.2 Å². The van der Waals surface area contributed by atoms with E-state index in [0.29, 0.717) is 11.8 Å². The molecule has 0 fully saturated rings. The van der Waals surface area contributed by atoms with Crippen LogP contribution in [0, 0.1) is 23.7 Å². The van der Waals surface area contributed by atoms with Crippen LogP contribution >= 0.6 is 0 Å². The first-order chi connectivity index (χ1) is 7.75. The molecule has 1 aliphatic heterocycles. The molecule has 2 atom stereocenters. The molecule has 0 saturated heterocycles. The lowest BCUT2D eigenvalue weighted by Gasteiger charge is -2.23. The van der Waals surface area contributed by atoms with E-state index in [1.54, 1.807) is 0 Å². The molecule has 0 amide bonds. The van der Waals surface area contributed by atoms with Crippen molar-refractivity contribution in [2.45, 2.75) is 65.6 Å². The quantitative estimate of drug-likeness (QED) is 0.556. The van der Waals surface area contributed by atoms with Crippen LogP contribution in [0.5, 0.6) is 0 Å². The lowest BCUT2D eigenvalue weighted by Crippen LogP contribution is -2.29. The maximum Gasteiger partial charge on any atom is 0.164 e. The highest BCUT2D eigenvalue weighted by Crippen LogP contribution is 2.28. The van der Waals surface area contributed by atoms with Crippen molar-refractivity contribution >= 4 is 0 Å². The van der Waals surface area contributed by atoms with E-state index in [4.69, 9.17) is 14.8 Å². The average Bonchev–Trinajstić information content (AvgIpc) is 2.24. The molecule has 3 heteroatoms. The summed E-state index contributed by atoms with van der Waals surface area (Å²) in [6.45, 7) is 12.4. The Balaban J connectivity index is 2.80. The lowest BCUT2D eigenvalue weighted by atomic mass is 9.91. The summed E-state index contributed by atoms with van der Waals surface area (Å²) in [7, 11) is 0. The highest BCUT2D eigenvalue weighted by Gasteiger charge is 2.34. The predicted molar refractivity (Wildman–Crippen MR) is 66.8 cm³/mol. The molecule has 0 spiro atoms. The molecule has 0 N–H and O–H groups in total.